The van der Waals surface area contributed by atoms with E-state index in [1.165, 1.54) is 0 Å². The second kappa shape index (κ2) is 6.12. The van der Waals surface area contributed by atoms with Gasteiger partial charge in [0, 0.05) is 6.61 Å². The summed E-state index contributed by atoms with van der Waals surface area (Å²) in [5.41, 5.74) is 10.2. The first kappa shape index (κ1) is 10.4. The van der Waals surface area contributed by atoms with E-state index in [1.807, 2.05) is 0 Å². The molecule has 0 heterocycles. The number of nitrogens with two attached hydrogens (primary N) is 2. The largest absolute Gasteiger partial charge is 0.381 e. The molecule has 0 saturated carbocycles. The van der Waals surface area contributed by atoms with Crippen LogP contribution in [0.3, 0.4) is 0 Å². The van der Waals surface area contributed by atoms with E-state index in [1.54, 1.807) is 6.92 Å². The minimum absolute atomic E-state index is 0.201. The Kier molecular flexibility index (Phi) is 5.78. The Balaban J connectivity index is 3.17. The number of ether oxygens (including phenoxy) is 1. The van der Waals surface area contributed by atoms with Gasteiger partial charge in [0.2, 0.25) is 5.91 Å². The van der Waals surface area contributed by atoms with Crippen molar-refractivity contribution in [2.24, 2.45) is 17.4 Å². The van der Waals surface area contributed by atoms with E-state index < -0.39 is 0 Å². The number of carbonyl (C=O) groups is 1. The molecule has 0 radical (unpaired) electrons. The summed E-state index contributed by atoms with van der Waals surface area (Å²) >= 11 is 0. The van der Waals surface area contributed by atoms with Gasteiger partial charge in [0.15, 0.2) is 0 Å². The summed E-state index contributed by atoms with van der Waals surface area (Å²) in [6, 6.07) is 0. The first-order valence-corrected chi connectivity index (χ1v) is 3.75. The highest BCUT2D eigenvalue weighted by molar-refractivity contribution is 5.76. The van der Waals surface area contributed by atoms with E-state index in [0.717, 1.165) is 6.42 Å². The van der Waals surface area contributed by atoms with Gasteiger partial charge < -0.3 is 16.2 Å². The molecule has 4 heteroatoms. The molecule has 1 atom stereocenters. The zero-order valence-corrected chi connectivity index (χ0v) is 6.88. The molecule has 0 aliphatic heterocycles. The van der Waals surface area contributed by atoms with E-state index in [0.29, 0.717) is 19.8 Å². The van der Waals surface area contributed by atoms with Crippen LogP contribution in [-0.2, 0) is 9.53 Å². The molecule has 4 nitrogen and oxygen atoms in total. The molecule has 1 unspecified atom stereocenters. The number of carbonyl (C=O) groups excluding carboxylic acids is 1. The molecule has 0 rings (SSSR count). The Bertz CT molecular complexity index is 117. The van der Waals surface area contributed by atoms with Crippen LogP contribution >= 0.6 is 0 Å². The monoisotopic (exact) mass is 160 g/mol. The third-order valence-electron chi connectivity index (χ3n) is 1.35. The maximum absolute atomic E-state index is 10.5. The predicted molar refractivity (Wildman–Crippen MR) is 42.8 cm³/mol. The van der Waals surface area contributed by atoms with Crippen molar-refractivity contribution in [2.75, 3.05) is 19.8 Å². The summed E-state index contributed by atoms with van der Waals surface area (Å²) in [6.45, 7) is 3.36. The molecule has 1 amide bonds. The van der Waals surface area contributed by atoms with Gasteiger partial charge in [-0.1, -0.05) is 6.92 Å². The van der Waals surface area contributed by atoms with Crippen molar-refractivity contribution in [3.05, 3.63) is 0 Å². The SMILES string of the molecule is CC(COCCCN)C(N)=O. The topological polar surface area (TPSA) is 78.3 Å². The van der Waals surface area contributed by atoms with Gasteiger partial charge in [0.05, 0.1) is 12.5 Å². The van der Waals surface area contributed by atoms with Crippen LogP contribution in [0.25, 0.3) is 0 Å². The standard InChI is InChI=1S/C7H16N2O2/c1-6(7(9)10)5-11-4-2-3-8/h6H,2-5,8H2,1H3,(H2,9,10). The van der Waals surface area contributed by atoms with Crippen molar-refractivity contribution in [3.63, 3.8) is 0 Å². The van der Waals surface area contributed by atoms with Crippen LogP contribution in [0.4, 0.5) is 0 Å². The predicted octanol–water partition coefficient (Wildman–Crippen LogP) is -0.527. The molecule has 0 aromatic heterocycles. The van der Waals surface area contributed by atoms with Crippen LogP contribution in [0.2, 0.25) is 0 Å². The van der Waals surface area contributed by atoms with Crippen molar-refractivity contribution < 1.29 is 9.53 Å². The van der Waals surface area contributed by atoms with Gasteiger partial charge in [-0.15, -0.1) is 0 Å². The van der Waals surface area contributed by atoms with E-state index >= 15 is 0 Å². The van der Waals surface area contributed by atoms with E-state index in [9.17, 15) is 4.79 Å². The molecule has 11 heavy (non-hydrogen) atoms. The lowest BCUT2D eigenvalue weighted by molar-refractivity contribution is -0.123. The fourth-order valence-corrected chi connectivity index (χ4v) is 0.528. The summed E-state index contributed by atoms with van der Waals surface area (Å²) in [5.74, 6) is -0.523. The normalized spacial score (nSPS) is 12.9. The molecular formula is C7H16N2O2. The molecule has 0 bridgehead atoms. The van der Waals surface area contributed by atoms with Gasteiger partial charge in [-0.05, 0) is 13.0 Å². The van der Waals surface area contributed by atoms with Crippen molar-refractivity contribution in [3.8, 4) is 0 Å². The number of primary amides is 1. The smallest absolute Gasteiger partial charge is 0.222 e. The fourth-order valence-electron chi connectivity index (χ4n) is 0.528. The van der Waals surface area contributed by atoms with Crippen molar-refractivity contribution in [1.82, 2.24) is 0 Å². The van der Waals surface area contributed by atoms with Gasteiger partial charge in [-0.25, -0.2) is 0 Å². The molecule has 0 aliphatic carbocycles. The highest BCUT2D eigenvalue weighted by Crippen LogP contribution is 1.93. The first-order valence-electron chi connectivity index (χ1n) is 3.75. The van der Waals surface area contributed by atoms with Gasteiger partial charge in [-0.3, -0.25) is 4.79 Å². The third-order valence-corrected chi connectivity index (χ3v) is 1.35. The lowest BCUT2D eigenvalue weighted by atomic mass is 10.2. The molecule has 0 saturated heterocycles. The van der Waals surface area contributed by atoms with Crippen LogP contribution in [-0.4, -0.2) is 25.7 Å². The molecule has 0 aromatic rings. The Morgan fingerprint density at radius 3 is 2.73 bits per heavy atom. The summed E-state index contributed by atoms with van der Waals surface area (Å²) in [6.07, 6.45) is 0.825. The van der Waals surface area contributed by atoms with Gasteiger partial charge in [0.25, 0.3) is 0 Å². The number of rotatable bonds is 6. The molecule has 0 aromatic carbocycles. The lowest BCUT2D eigenvalue weighted by Crippen LogP contribution is -2.25. The molecule has 4 N–H and O–H groups in total. The summed E-state index contributed by atoms with van der Waals surface area (Å²) in [7, 11) is 0. The van der Waals surface area contributed by atoms with Gasteiger partial charge in [0.1, 0.15) is 0 Å². The second-order valence-corrected chi connectivity index (χ2v) is 2.52. The van der Waals surface area contributed by atoms with Crippen LogP contribution < -0.4 is 11.5 Å². The fraction of sp³-hybridized carbons (Fsp3) is 0.857. The van der Waals surface area contributed by atoms with E-state index in [-0.39, 0.29) is 11.8 Å². The van der Waals surface area contributed by atoms with E-state index in [4.69, 9.17) is 16.2 Å². The molecule has 0 spiro atoms. The van der Waals surface area contributed by atoms with Gasteiger partial charge >= 0.3 is 0 Å². The first-order chi connectivity index (χ1) is 5.18. The zero-order chi connectivity index (χ0) is 8.69. The molecule has 0 fully saturated rings. The third kappa shape index (κ3) is 5.82. The lowest BCUT2D eigenvalue weighted by Gasteiger charge is -2.06. The van der Waals surface area contributed by atoms with Crippen LogP contribution in [0, 0.1) is 5.92 Å². The minimum Gasteiger partial charge on any atom is -0.381 e. The average Bonchev–Trinajstić information content (AvgIpc) is 1.97. The molecular weight excluding hydrogens is 144 g/mol. The number of amides is 1. The quantitative estimate of drug-likeness (QED) is 0.513. The maximum Gasteiger partial charge on any atom is 0.222 e. The minimum atomic E-state index is -0.322. The zero-order valence-electron chi connectivity index (χ0n) is 6.88. The maximum atomic E-state index is 10.5. The Morgan fingerprint density at radius 1 is 1.64 bits per heavy atom. The summed E-state index contributed by atoms with van der Waals surface area (Å²) in [4.78, 5) is 10.5. The second-order valence-electron chi connectivity index (χ2n) is 2.52. The number of hydrogen-bond acceptors (Lipinski definition) is 3. The van der Waals surface area contributed by atoms with Crippen molar-refractivity contribution in [2.45, 2.75) is 13.3 Å². The van der Waals surface area contributed by atoms with Gasteiger partial charge in [-0.2, -0.15) is 0 Å². The Labute approximate surface area is 66.9 Å². The molecule has 0 aliphatic rings. The molecule has 66 valence electrons. The van der Waals surface area contributed by atoms with E-state index in [2.05, 4.69) is 0 Å². The Morgan fingerprint density at radius 2 is 2.27 bits per heavy atom. The summed E-state index contributed by atoms with van der Waals surface area (Å²) in [5, 5.41) is 0. The van der Waals surface area contributed by atoms with Crippen LogP contribution in [0.5, 0.6) is 0 Å². The Hall–Kier alpha value is -0.610. The average molecular weight is 160 g/mol. The number of hydrogen-bond donors (Lipinski definition) is 2. The van der Waals surface area contributed by atoms with Crippen LogP contribution in [0.1, 0.15) is 13.3 Å². The summed E-state index contributed by atoms with van der Waals surface area (Å²) < 4.78 is 5.12. The van der Waals surface area contributed by atoms with Crippen molar-refractivity contribution in [1.29, 1.82) is 0 Å². The van der Waals surface area contributed by atoms with Crippen LogP contribution in [0.15, 0.2) is 0 Å². The highest BCUT2D eigenvalue weighted by atomic mass is 16.5. The van der Waals surface area contributed by atoms with Crippen molar-refractivity contribution >= 4 is 5.91 Å². The highest BCUT2D eigenvalue weighted by Gasteiger charge is 2.07.